The first kappa shape index (κ1) is 20.6. The van der Waals surface area contributed by atoms with E-state index in [1.165, 1.54) is 5.56 Å². The van der Waals surface area contributed by atoms with E-state index in [0.717, 1.165) is 49.5 Å². The van der Waals surface area contributed by atoms with Crippen molar-refractivity contribution in [3.8, 4) is 5.75 Å². The highest BCUT2D eigenvalue weighted by atomic mass is 16.5. The summed E-state index contributed by atoms with van der Waals surface area (Å²) in [6.45, 7) is 4.65. The topological polar surface area (TPSA) is 78.8 Å². The van der Waals surface area contributed by atoms with E-state index in [9.17, 15) is 0 Å². The van der Waals surface area contributed by atoms with Gasteiger partial charge in [0.25, 0.3) is 0 Å². The number of aromatic nitrogens is 3. The number of hydrogen-bond acceptors (Lipinski definition) is 6. The molecule has 4 rings (SSSR count). The Bertz CT molecular complexity index is 956. The van der Waals surface area contributed by atoms with Crippen LogP contribution >= 0.6 is 0 Å². The average Bonchev–Trinajstić information content (AvgIpc) is 2.85. The normalized spacial score (nSPS) is 14.4. The first-order valence-electron chi connectivity index (χ1n) is 10.4. The van der Waals surface area contributed by atoms with Crippen LogP contribution in [0.1, 0.15) is 11.3 Å². The molecule has 0 unspecified atom stereocenters. The van der Waals surface area contributed by atoms with Gasteiger partial charge in [0.1, 0.15) is 12.4 Å². The smallest absolute Gasteiger partial charge is 0.225 e. The zero-order valence-corrected chi connectivity index (χ0v) is 17.7. The summed E-state index contributed by atoms with van der Waals surface area (Å²) in [5.41, 5.74) is 2.08. The average molecular weight is 418 g/mol. The first-order chi connectivity index (χ1) is 15.3. The Labute approximate surface area is 182 Å². The molecule has 1 saturated heterocycles. The Morgan fingerprint density at radius 1 is 0.935 bits per heavy atom. The third-order valence-corrected chi connectivity index (χ3v) is 5.11. The van der Waals surface area contributed by atoms with Crippen LogP contribution in [0.3, 0.4) is 0 Å². The van der Waals surface area contributed by atoms with Crippen LogP contribution in [-0.4, -0.2) is 59.0 Å². The number of hydrogen-bond donors (Lipinski definition) is 1. The van der Waals surface area contributed by atoms with Gasteiger partial charge in [0.2, 0.25) is 5.95 Å². The van der Waals surface area contributed by atoms with Gasteiger partial charge in [0.15, 0.2) is 5.96 Å². The number of guanidine groups is 1. The fraction of sp³-hybridized carbons (Fsp3) is 0.304. The molecule has 1 aromatic carbocycles. The highest BCUT2D eigenvalue weighted by Crippen LogP contribution is 2.14. The van der Waals surface area contributed by atoms with Crippen LogP contribution in [0.25, 0.3) is 0 Å². The van der Waals surface area contributed by atoms with Crippen LogP contribution in [0.2, 0.25) is 0 Å². The number of nitrogens with zero attached hydrogens (tertiary/aromatic N) is 6. The number of benzene rings is 1. The summed E-state index contributed by atoms with van der Waals surface area (Å²) >= 11 is 0. The highest BCUT2D eigenvalue weighted by molar-refractivity contribution is 5.80. The molecule has 0 aliphatic carbocycles. The van der Waals surface area contributed by atoms with E-state index in [4.69, 9.17) is 4.74 Å². The molecule has 1 fully saturated rings. The molecular formula is C23H27N7O. The molecule has 0 amide bonds. The predicted molar refractivity (Wildman–Crippen MR) is 121 cm³/mol. The Kier molecular flexibility index (Phi) is 6.89. The lowest BCUT2D eigenvalue weighted by atomic mass is 10.2. The fourth-order valence-electron chi connectivity index (χ4n) is 3.43. The van der Waals surface area contributed by atoms with Crippen LogP contribution in [-0.2, 0) is 13.2 Å². The van der Waals surface area contributed by atoms with Gasteiger partial charge in [-0.1, -0.05) is 18.2 Å². The van der Waals surface area contributed by atoms with Crippen molar-refractivity contribution in [2.45, 2.75) is 13.2 Å². The molecule has 3 aromatic rings. The zero-order chi connectivity index (χ0) is 21.3. The molecule has 0 saturated carbocycles. The summed E-state index contributed by atoms with van der Waals surface area (Å²) in [5, 5.41) is 3.46. The van der Waals surface area contributed by atoms with Crippen molar-refractivity contribution in [1.82, 2.24) is 25.2 Å². The minimum Gasteiger partial charge on any atom is -0.487 e. The molecule has 8 heteroatoms. The van der Waals surface area contributed by atoms with Crippen LogP contribution in [0, 0.1) is 0 Å². The van der Waals surface area contributed by atoms with E-state index in [2.05, 4.69) is 47.2 Å². The van der Waals surface area contributed by atoms with Gasteiger partial charge in [0, 0.05) is 58.4 Å². The maximum atomic E-state index is 5.81. The number of aliphatic imine (C=N–C) groups is 1. The maximum absolute atomic E-state index is 5.81. The zero-order valence-electron chi connectivity index (χ0n) is 17.7. The number of ether oxygens (including phenoxy) is 1. The lowest BCUT2D eigenvalue weighted by molar-refractivity contribution is 0.301. The number of rotatable bonds is 6. The van der Waals surface area contributed by atoms with Crippen molar-refractivity contribution < 1.29 is 4.74 Å². The molecular weight excluding hydrogens is 390 g/mol. The molecule has 1 aliphatic heterocycles. The van der Waals surface area contributed by atoms with Crippen molar-refractivity contribution in [1.29, 1.82) is 0 Å². The number of anilines is 1. The second-order valence-corrected chi connectivity index (χ2v) is 7.18. The summed E-state index contributed by atoms with van der Waals surface area (Å²) in [4.78, 5) is 21.9. The Hall–Kier alpha value is -3.68. The fourth-order valence-corrected chi connectivity index (χ4v) is 3.43. The summed E-state index contributed by atoms with van der Waals surface area (Å²) in [6, 6.07) is 15.8. The van der Waals surface area contributed by atoms with Gasteiger partial charge in [0.05, 0.1) is 5.69 Å². The van der Waals surface area contributed by atoms with Gasteiger partial charge in [-0.05, 0) is 35.9 Å². The lowest BCUT2D eigenvalue weighted by Crippen LogP contribution is -2.52. The molecule has 1 N–H and O–H groups in total. The van der Waals surface area contributed by atoms with E-state index in [0.29, 0.717) is 13.2 Å². The van der Waals surface area contributed by atoms with Gasteiger partial charge >= 0.3 is 0 Å². The molecule has 0 bridgehead atoms. The van der Waals surface area contributed by atoms with Crippen LogP contribution in [0.4, 0.5) is 5.95 Å². The van der Waals surface area contributed by atoms with Crippen molar-refractivity contribution in [3.63, 3.8) is 0 Å². The summed E-state index contributed by atoms with van der Waals surface area (Å²) < 4.78 is 5.81. The minimum atomic E-state index is 0.463. The van der Waals surface area contributed by atoms with Gasteiger partial charge in [-0.3, -0.25) is 9.98 Å². The number of pyridine rings is 1. The highest BCUT2D eigenvalue weighted by Gasteiger charge is 2.20. The van der Waals surface area contributed by atoms with Crippen LogP contribution in [0.15, 0.2) is 72.1 Å². The van der Waals surface area contributed by atoms with Crippen molar-refractivity contribution in [2.75, 3.05) is 38.1 Å². The van der Waals surface area contributed by atoms with Crippen molar-refractivity contribution in [3.05, 3.63) is 78.4 Å². The number of nitrogens with one attached hydrogen (secondary N) is 1. The molecule has 2 aromatic heterocycles. The Balaban J connectivity index is 1.24. The largest absolute Gasteiger partial charge is 0.487 e. The molecule has 8 nitrogen and oxygen atoms in total. The molecule has 0 atom stereocenters. The minimum absolute atomic E-state index is 0.463. The Morgan fingerprint density at radius 3 is 2.35 bits per heavy atom. The van der Waals surface area contributed by atoms with Gasteiger partial charge in [-0.2, -0.15) is 0 Å². The second kappa shape index (κ2) is 10.4. The lowest BCUT2D eigenvalue weighted by Gasteiger charge is -2.36. The van der Waals surface area contributed by atoms with Crippen LogP contribution in [0.5, 0.6) is 5.75 Å². The van der Waals surface area contributed by atoms with Gasteiger partial charge in [-0.25, -0.2) is 9.97 Å². The van der Waals surface area contributed by atoms with E-state index < -0.39 is 0 Å². The second-order valence-electron chi connectivity index (χ2n) is 7.18. The Morgan fingerprint density at radius 2 is 1.68 bits per heavy atom. The SMILES string of the molecule is CN=C(NCc1ccc(OCc2ccccn2)cc1)N1CCN(c2ncccn2)CC1. The van der Waals surface area contributed by atoms with Gasteiger partial charge < -0.3 is 19.9 Å². The van der Waals surface area contributed by atoms with Gasteiger partial charge in [-0.15, -0.1) is 0 Å². The first-order valence-corrected chi connectivity index (χ1v) is 10.4. The van der Waals surface area contributed by atoms with E-state index in [1.807, 2.05) is 43.4 Å². The third kappa shape index (κ3) is 5.69. The van der Waals surface area contributed by atoms with Crippen molar-refractivity contribution in [2.24, 2.45) is 4.99 Å². The van der Waals surface area contributed by atoms with Crippen LogP contribution < -0.4 is 15.0 Å². The quantitative estimate of drug-likeness (QED) is 0.487. The summed E-state index contributed by atoms with van der Waals surface area (Å²) in [6.07, 6.45) is 5.34. The summed E-state index contributed by atoms with van der Waals surface area (Å²) in [5.74, 6) is 2.53. The number of piperazine rings is 1. The summed E-state index contributed by atoms with van der Waals surface area (Å²) in [7, 11) is 1.82. The molecule has 31 heavy (non-hydrogen) atoms. The molecule has 1 aliphatic rings. The molecule has 160 valence electrons. The standard InChI is InChI=1S/C23H27N7O/c1-24-22(29-13-15-30(16-14-29)23-26-11-4-12-27-23)28-17-19-6-8-21(9-7-19)31-18-20-5-2-3-10-25-20/h2-12H,13-18H2,1H3,(H,24,28). The third-order valence-electron chi connectivity index (χ3n) is 5.11. The molecule has 0 radical (unpaired) electrons. The van der Waals surface area contributed by atoms with E-state index in [1.54, 1.807) is 18.6 Å². The van der Waals surface area contributed by atoms with E-state index in [-0.39, 0.29) is 0 Å². The maximum Gasteiger partial charge on any atom is 0.225 e. The van der Waals surface area contributed by atoms with Crippen molar-refractivity contribution >= 4 is 11.9 Å². The molecule has 0 spiro atoms. The predicted octanol–water partition coefficient (Wildman–Crippen LogP) is 2.35. The monoisotopic (exact) mass is 417 g/mol. The van der Waals surface area contributed by atoms with E-state index >= 15 is 0 Å². The molecule has 3 heterocycles.